The van der Waals surface area contributed by atoms with E-state index < -0.39 is 10.0 Å². The topological polar surface area (TPSA) is 66.5 Å². The lowest BCUT2D eigenvalue weighted by molar-refractivity contribution is 0.0950. The van der Waals surface area contributed by atoms with Crippen molar-refractivity contribution in [2.45, 2.75) is 31.7 Å². The first-order valence-electron chi connectivity index (χ1n) is 9.39. The number of piperidine rings is 1. The predicted octanol–water partition coefficient (Wildman–Crippen LogP) is 3.42. The van der Waals surface area contributed by atoms with Crippen LogP contribution in [0.5, 0.6) is 0 Å². The zero-order valence-electron chi connectivity index (χ0n) is 16.1. The van der Waals surface area contributed by atoms with Gasteiger partial charge in [0.2, 0.25) is 10.0 Å². The lowest BCUT2D eigenvalue weighted by Gasteiger charge is -2.34. The van der Waals surface area contributed by atoms with Gasteiger partial charge < -0.3 is 5.32 Å². The van der Waals surface area contributed by atoms with E-state index in [1.54, 1.807) is 18.2 Å². The molecule has 28 heavy (non-hydrogen) atoms. The van der Waals surface area contributed by atoms with Crippen LogP contribution >= 0.6 is 0 Å². The summed E-state index contributed by atoms with van der Waals surface area (Å²) in [6.45, 7) is 5.20. The van der Waals surface area contributed by atoms with Gasteiger partial charge in [0.25, 0.3) is 5.91 Å². The second kappa shape index (κ2) is 8.41. The summed E-state index contributed by atoms with van der Waals surface area (Å²) < 4.78 is 40.9. The van der Waals surface area contributed by atoms with Crippen LogP contribution in [-0.4, -0.2) is 31.7 Å². The van der Waals surface area contributed by atoms with Crippen molar-refractivity contribution < 1.29 is 17.6 Å². The van der Waals surface area contributed by atoms with Gasteiger partial charge in [-0.1, -0.05) is 32.0 Å². The molecular formula is C21H25FN2O3S. The summed E-state index contributed by atoms with van der Waals surface area (Å²) >= 11 is 0. The molecule has 150 valence electrons. The number of amides is 1. The Bertz CT molecular complexity index is 934. The molecule has 0 bridgehead atoms. The minimum Gasteiger partial charge on any atom is -0.348 e. The number of nitrogens with zero attached hydrogens (tertiary/aromatic N) is 1. The van der Waals surface area contributed by atoms with Crippen LogP contribution < -0.4 is 5.32 Å². The molecule has 0 aromatic heterocycles. The summed E-state index contributed by atoms with van der Waals surface area (Å²) in [6.07, 6.45) is 1.02. The Morgan fingerprint density at radius 3 is 2.29 bits per heavy atom. The lowest BCUT2D eigenvalue weighted by atomic mass is 9.94. The number of halogens is 1. The van der Waals surface area contributed by atoms with E-state index in [9.17, 15) is 17.6 Å². The SMILES string of the molecule is C[C@H]1C[C@H](C)CN(S(=O)(=O)c2ccc(C(=O)NCc3ccccc3F)cc2)C1. The molecule has 0 unspecified atom stereocenters. The first-order chi connectivity index (χ1) is 13.3. The van der Waals surface area contributed by atoms with Crippen LogP contribution in [0.1, 0.15) is 36.2 Å². The smallest absolute Gasteiger partial charge is 0.251 e. The molecule has 2 atom stereocenters. The minimum absolute atomic E-state index is 0.0646. The summed E-state index contributed by atoms with van der Waals surface area (Å²) in [5.41, 5.74) is 0.721. The molecule has 7 heteroatoms. The van der Waals surface area contributed by atoms with Gasteiger partial charge in [-0.15, -0.1) is 0 Å². The van der Waals surface area contributed by atoms with Crippen LogP contribution in [-0.2, 0) is 16.6 Å². The third-order valence-corrected chi connectivity index (χ3v) is 6.83. The van der Waals surface area contributed by atoms with Gasteiger partial charge in [-0.05, 0) is 48.6 Å². The van der Waals surface area contributed by atoms with E-state index in [-0.39, 0.29) is 23.2 Å². The Morgan fingerprint density at radius 1 is 1.07 bits per heavy atom. The first kappa shape index (κ1) is 20.5. The van der Waals surface area contributed by atoms with E-state index in [0.717, 1.165) is 6.42 Å². The lowest BCUT2D eigenvalue weighted by Crippen LogP contribution is -2.42. The molecule has 1 fully saturated rings. The minimum atomic E-state index is -3.58. The number of hydrogen-bond acceptors (Lipinski definition) is 3. The molecule has 0 radical (unpaired) electrons. The Morgan fingerprint density at radius 2 is 1.68 bits per heavy atom. The quantitative estimate of drug-likeness (QED) is 0.830. The molecular weight excluding hydrogens is 379 g/mol. The molecule has 1 saturated heterocycles. The third kappa shape index (κ3) is 4.59. The maximum absolute atomic E-state index is 13.6. The largest absolute Gasteiger partial charge is 0.348 e. The van der Waals surface area contributed by atoms with Crippen molar-refractivity contribution in [1.82, 2.24) is 9.62 Å². The molecule has 5 nitrogen and oxygen atoms in total. The summed E-state index contributed by atoms with van der Waals surface area (Å²) in [5.74, 6) is -0.120. The number of benzene rings is 2. The highest BCUT2D eigenvalue weighted by molar-refractivity contribution is 7.89. The standard InChI is InChI=1S/C21H25FN2O3S/c1-15-11-16(2)14-24(13-15)28(26,27)19-9-7-17(8-10-19)21(25)23-12-18-5-3-4-6-20(18)22/h3-10,15-16H,11-14H2,1-2H3,(H,23,25)/t15-,16-/m0/s1. The second-order valence-corrected chi connectivity index (χ2v) is 9.50. The fraction of sp³-hybridized carbons (Fsp3) is 0.381. The average molecular weight is 405 g/mol. The van der Waals surface area contributed by atoms with Crippen molar-refractivity contribution >= 4 is 15.9 Å². The Balaban J connectivity index is 1.68. The molecule has 3 rings (SSSR count). The second-order valence-electron chi connectivity index (χ2n) is 7.57. The molecule has 1 N–H and O–H groups in total. The van der Waals surface area contributed by atoms with E-state index in [2.05, 4.69) is 19.2 Å². The summed E-state index contributed by atoms with van der Waals surface area (Å²) in [5, 5.41) is 2.65. The number of rotatable bonds is 5. The Labute approximate surface area is 165 Å². The van der Waals surface area contributed by atoms with Crippen LogP contribution in [0.15, 0.2) is 53.4 Å². The fourth-order valence-electron chi connectivity index (χ4n) is 3.65. The Hall–Kier alpha value is -2.25. The van der Waals surface area contributed by atoms with Gasteiger partial charge in [-0.3, -0.25) is 4.79 Å². The van der Waals surface area contributed by atoms with Crippen molar-refractivity contribution in [2.24, 2.45) is 11.8 Å². The van der Waals surface area contributed by atoms with E-state index in [4.69, 9.17) is 0 Å². The number of sulfonamides is 1. The maximum Gasteiger partial charge on any atom is 0.251 e. The molecule has 2 aromatic rings. The van der Waals surface area contributed by atoms with Crippen molar-refractivity contribution in [3.05, 3.63) is 65.5 Å². The normalized spacial score (nSPS) is 20.7. The van der Waals surface area contributed by atoms with E-state index in [0.29, 0.717) is 36.1 Å². The number of nitrogens with one attached hydrogen (secondary N) is 1. The number of hydrogen-bond donors (Lipinski definition) is 1. The third-order valence-electron chi connectivity index (χ3n) is 4.99. The van der Waals surface area contributed by atoms with Crippen molar-refractivity contribution in [3.8, 4) is 0 Å². The van der Waals surface area contributed by atoms with Crippen LogP contribution in [0, 0.1) is 17.7 Å². The summed E-state index contributed by atoms with van der Waals surface area (Å²) in [6, 6.07) is 12.1. The van der Waals surface area contributed by atoms with Crippen molar-refractivity contribution in [2.75, 3.05) is 13.1 Å². The average Bonchev–Trinajstić information content (AvgIpc) is 2.66. The van der Waals surface area contributed by atoms with Crippen LogP contribution in [0.3, 0.4) is 0 Å². The maximum atomic E-state index is 13.6. The molecule has 1 aliphatic rings. The Kier molecular flexibility index (Phi) is 6.15. The predicted molar refractivity (Wildman–Crippen MR) is 106 cm³/mol. The highest BCUT2D eigenvalue weighted by atomic mass is 32.2. The van der Waals surface area contributed by atoms with Crippen LogP contribution in [0.4, 0.5) is 4.39 Å². The zero-order chi connectivity index (χ0) is 20.3. The molecule has 1 aliphatic heterocycles. The molecule has 0 saturated carbocycles. The van der Waals surface area contributed by atoms with Gasteiger partial charge in [-0.25, -0.2) is 12.8 Å². The van der Waals surface area contributed by atoms with Gasteiger partial charge in [-0.2, -0.15) is 4.31 Å². The van der Waals surface area contributed by atoms with Gasteiger partial charge in [0, 0.05) is 30.8 Å². The van der Waals surface area contributed by atoms with E-state index in [1.165, 1.54) is 34.6 Å². The summed E-state index contributed by atoms with van der Waals surface area (Å²) in [7, 11) is -3.58. The van der Waals surface area contributed by atoms with Gasteiger partial charge in [0.1, 0.15) is 5.82 Å². The molecule has 1 heterocycles. The van der Waals surface area contributed by atoms with Crippen molar-refractivity contribution in [1.29, 1.82) is 0 Å². The fourth-order valence-corrected chi connectivity index (χ4v) is 5.33. The number of carbonyl (C=O) groups is 1. The molecule has 1 amide bonds. The van der Waals surface area contributed by atoms with Crippen LogP contribution in [0.2, 0.25) is 0 Å². The van der Waals surface area contributed by atoms with Gasteiger partial charge in [0.05, 0.1) is 4.90 Å². The first-order valence-corrected chi connectivity index (χ1v) is 10.8. The summed E-state index contributed by atoms with van der Waals surface area (Å²) in [4.78, 5) is 12.5. The van der Waals surface area contributed by atoms with E-state index >= 15 is 0 Å². The zero-order valence-corrected chi connectivity index (χ0v) is 16.9. The van der Waals surface area contributed by atoms with E-state index in [1.807, 2.05) is 0 Å². The highest BCUT2D eigenvalue weighted by Crippen LogP contribution is 2.26. The monoisotopic (exact) mass is 404 g/mol. The number of carbonyl (C=O) groups excluding carboxylic acids is 1. The molecule has 2 aromatic carbocycles. The molecule has 0 aliphatic carbocycles. The van der Waals surface area contributed by atoms with Gasteiger partial charge in [0.15, 0.2) is 0 Å². The van der Waals surface area contributed by atoms with Crippen LogP contribution in [0.25, 0.3) is 0 Å². The molecule has 0 spiro atoms. The highest BCUT2D eigenvalue weighted by Gasteiger charge is 2.31. The van der Waals surface area contributed by atoms with Crippen molar-refractivity contribution in [3.63, 3.8) is 0 Å². The van der Waals surface area contributed by atoms with Gasteiger partial charge >= 0.3 is 0 Å².